The van der Waals surface area contributed by atoms with Gasteiger partial charge >= 0.3 is 0 Å². The molecule has 0 saturated carbocycles. The van der Waals surface area contributed by atoms with Crippen molar-refractivity contribution in [1.29, 1.82) is 0 Å². The predicted molar refractivity (Wildman–Crippen MR) is 54.1 cm³/mol. The van der Waals surface area contributed by atoms with Crippen LogP contribution >= 0.6 is 0 Å². The van der Waals surface area contributed by atoms with Gasteiger partial charge in [-0.2, -0.15) is 0 Å². The maximum Gasteiger partial charge on any atom is 0.193 e. The van der Waals surface area contributed by atoms with Gasteiger partial charge in [-0.25, -0.2) is 0 Å². The summed E-state index contributed by atoms with van der Waals surface area (Å²) < 4.78 is 5.64. The number of allylic oxidation sites excluding steroid dienone is 6. The van der Waals surface area contributed by atoms with Gasteiger partial charge in [-0.15, -0.1) is 0 Å². The lowest BCUT2D eigenvalue weighted by molar-refractivity contribution is -0.235. The van der Waals surface area contributed by atoms with E-state index in [1.54, 1.807) is 0 Å². The minimum atomic E-state index is 0.871. The van der Waals surface area contributed by atoms with Crippen LogP contribution in [0.2, 0.25) is 0 Å². The van der Waals surface area contributed by atoms with E-state index >= 15 is 0 Å². The Morgan fingerprint density at radius 3 is 2.33 bits per heavy atom. The van der Waals surface area contributed by atoms with Gasteiger partial charge in [0, 0.05) is 25.7 Å². The summed E-state index contributed by atoms with van der Waals surface area (Å²) >= 11 is 0. The molecule has 3 rings (SSSR count). The van der Waals surface area contributed by atoms with E-state index < -0.39 is 0 Å². The van der Waals surface area contributed by atoms with Gasteiger partial charge in [0.05, 0.1) is 0 Å². The lowest BCUT2D eigenvalue weighted by Gasteiger charge is -2.15. The standard InChI is InChI=1S/C12H14O3/c1-3-10(4-1)14-15-12-6-2-5-11(12)13-9-7-8-9/h3,7H,1-2,4-6,8H2. The summed E-state index contributed by atoms with van der Waals surface area (Å²) in [6, 6.07) is 0. The maximum atomic E-state index is 5.64. The Morgan fingerprint density at radius 1 is 0.867 bits per heavy atom. The molecule has 3 heteroatoms. The van der Waals surface area contributed by atoms with Gasteiger partial charge in [0.25, 0.3) is 0 Å². The molecule has 0 unspecified atom stereocenters. The van der Waals surface area contributed by atoms with Crippen LogP contribution in [0.4, 0.5) is 0 Å². The van der Waals surface area contributed by atoms with Gasteiger partial charge in [0.2, 0.25) is 0 Å². The molecule has 0 saturated heterocycles. The molecule has 3 aliphatic carbocycles. The molecular weight excluding hydrogens is 192 g/mol. The van der Waals surface area contributed by atoms with Gasteiger partial charge in [-0.1, -0.05) is 0 Å². The molecule has 0 aliphatic heterocycles. The molecule has 3 aliphatic rings. The number of rotatable bonds is 5. The van der Waals surface area contributed by atoms with E-state index in [0.717, 1.165) is 61.6 Å². The Labute approximate surface area is 88.9 Å². The van der Waals surface area contributed by atoms with E-state index in [4.69, 9.17) is 14.5 Å². The fraction of sp³-hybridized carbons (Fsp3) is 0.500. The Morgan fingerprint density at radius 2 is 1.67 bits per heavy atom. The minimum absolute atomic E-state index is 0.871. The van der Waals surface area contributed by atoms with Crippen molar-refractivity contribution in [3.05, 3.63) is 35.2 Å². The molecule has 0 N–H and O–H groups in total. The summed E-state index contributed by atoms with van der Waals surface area (Å²) in [6.07, 6.45) is 10.2. The molecular formula is C12H14O3. The highest BCUT2D eigenvalue weighted by Gasteiger charge is 2.23. The van der Waals surface area contributed by atoms with Crippen LogP contribution in [0.1, 0.15) is 38.5 Å². The summed E-state index contributed by atoms with van der Waals surface area (Å²) in [5.74, 6) is 3.84. The summed E-state index contributed by atoms with van der Waals surface area (Å²) in [6.45, 7) is 0. The van der Waals surface area contributed by atoms with Crippen LogP contribution < -0.4 is 0 Å². The number of hydrogen-bond donors (Lipinski definition) is 0. The molecule has 0 heterocycles. The average Bonchev–Trinajstić information content (AvgIpc) is 2.85. The van der Waals surface area contributed by atoms with Crippen LogP contribution in [-0.2, 0) is 14.5 Å². The SMILES string of the molecule is C1=C(OOC2=C(OC3=CC3)CCC2)CC1. The molecule has 0 atom stereocenters. The van der Waals surface area contributed by atoms with E-state index in [9.17, 15) is 0 Å². The highest BCUT2D eigenvalue weighted by Crippen LogP contribution is 2.34. The van der Waals surface area contributed by atoms with Crippen molar-refractivity contribution in [2.24, 2.45) is 0 Å². The fourth-order valence-corrected chi connectivity index (χ4v) is 1.61. The fourth-order valence-electron chi connectivity index (χ4n) is 1.61. The second-order valence-corrected chi connectivity index (χ2v) is 4.05. The van der Waals surface area contributed by atoms with Crippen molar-refractivity contribution in [1.82, 2.24) is 0 Å². The third-order valence-corrected chi connectivity index (χ3v) is 2.76. The lowest BCUT2D eigenvalue weighted by Crippen LogP contribution is -2.01. The first kappa shape index (κ1) is 8.89. The maximum absolute atomic E-state index is 5.64. The summed E-state index contributed by atoms with van der Waals surface area (Å²) in [5.41, 5.74) is 0. The quantitative estimate of drug-likeness (QED) is 0.510. The van der Waals surface area contributed by atoms with Crippen molar-refractivity contribution >= 4 is 0 Å². The minimum Gasteiger partial charge on any atom is -0.462 e. The summed E-state index contributed by atoms with van der Waals surface area (Å²) in [4.78, 5) is 10.5. The monoisotopic (exact) mass is 206 g/mol. The zero-order valence-corrected chi connectivity index (χ0v) is 8.62. The van der Waals surface area contributed by atoms with Crippen LogP contribution in [0.5, 0.6) is 0 Å². The molecule has 0 bridgehead atoms. The zero-order valence-electron chi connectivity index (χ0n) is 8.62. The summed E-state index contributed by atoms with van der Waals surface area (Å²) in [5, 5.41) is 0. The smallest absolute Gasteiger partial charge is 0.193 e. The second kappa shape index (κ2) is 3.65. The summed E-state index contributed by atoms with van der Waals surface area (Å²) in [7, 11) is 0. The van der Waals surface area contributed by atoms with Crippen LogP contribution in [0.3, 0.4) is 0 Å². The lowest BCUT2D eigenvalue weighted by atomic mass is 10.1. The van der Waals surface area contributed by atoms with Crippen molar-refractivity contribution in [3.8, 4) is 0 Å². The Bertz CT molecular complexity index is 363. The Kier molecular flexibility index (Phi) is 2.16. The molecule has 0 aromatic heterocycles. The normalized spacial score (nSPS) is 22.9. The molecule has 0 spiro atoms. The van der Waals surface area contributed by atoms with E-state index in [1.165, 1.54) is 0 Å². The average molecular weight is 206 g/mol. The molecule has 3 nitrogen and oxygen atoms in total. The zero-order chi connectivity index (χ0) is 10.1. The Hall–Kier alpha value is -1.38. The molecule has 0 fully saturated rings. The number of ether oxygens (including phenoxy) is 1. The van der Waals surface area contributed by atoms with Crippen molar-refractivity contribution in [3.63, 3.8) is 0 Å². The van der Waals surface area contributed by atoms with E-state index in [0.29, 0.717) is 0 Å². The van der Waals surface area contributed by atoms with Crippen LogP contribution in [-0.4, -0.2) is 0 Å². The largest absolute Gasteiger partial charge is 0.462 e. The van der Waals surface area contributed by atoms with Crippen LogP contribution in [0.25, 0.3) is 0 Å². The predicted octanol–water partition coefficient (Wildman–Crippen LogP) is 3.31. The first-order valence-electron chi connectivity index (χ1n) is 5.54. The third-order valence-electron chi connectivity index (χ3n) is 2.76. The van der Waals surface area contributed by atoms with Gasteiger partial charge in [-0.05, 0) is 25.0 Å². The first-order valence-corrected chi connectivity index (χ1v) is 5.54. The molecule has 0 amide bonds. The van der Waals surface area contributed by atoms with Gasteiger partial charge in [-0.3, -0.25) is 9.78 Å². The second-order valence-electron chi connectivity index (χ2n) is 4.05. The van der Waals surface area contributed by atoms with Crippen LogP contribution in [0.15, 0.2) is 35.2 Å². The highest BCUT2D eigenvalue weighted by atomic mass is 17.2. The highest BCUT2D eigenvalue weighted by molar-refractivity contribution is 5.19. The van der Waals surface area contributed by atoms with Crippen molar-refractivity contribution in [2.45, 2.75) is 38.5 Å². The Balaban J connectivity index is 1.58. The molecule has 0 aromatic rings. The molecule has 0 aromatic carbocycles. The third kappa shape index (κ3) is 2.01. The topological polar surface area (TPSA) is 27.7 Å². The molecule has 80 valence electrons. The van der Waals surface area contributed by atoms with Crippen molar-refractivity contribution in [2.75, 3.05) is 0 Å². The molecule has 15 heavy (non-hydrogen) atoms. The van der Waals surface area contributed by atoms with E-state index in [1.807, 2.05) is 6.08 Å². The van der Waals surface area contributed by atoms with Gasteiger partial charge < -0.3 is 4.74 Å². The van der Waals surface area contributed by atoms with E-state index in [2.05, 4.69) is 6.08 Å². The van der Waals surface area contributed by atoms with E-state index in [-0.39, 0.29) is 0 Å². The van der Waals surface area contributed by atoms with Crippen molar-refractivity contribution < 1.29 is 14.5 Å². The van der Waals surface area contributed by atoms with Gasteiger partial charge in [0.15, 0.2) is 11.5 Å². The first-order chi connectivity index (χ1) is 7.42. The van der Waals surface area contributed by atoms with Crippen LogP contribution in [0, 0.1) is 0 Å². The van der Waals surface area contributed by atoms with Gasteiger partial charge in [0.1, 0.15) is 11.5 Å². The molecule has 0 radical (unpaired) electrons. The number of hydrogen-bond acceptors (Lipinski definition) is 3.